The molecule has 3 atom stereocenters. The molecule has 4 amide bonds. The highest BCUT2D eigenvalue weighted by molar-refractivity contribution is 5.95. The maximum Gasteiger partial charge on any atom is 0.326 e. The molecular formula is C13H21N5O6. The summed E-state index contributed by atoms with van der Waals surface area (Å²) in [6.07, 6.45) is 0.246. The molecule has 1 fully saturated rings. The molecule has 0 saturated carbocycles. The van der Waals surface area contributed by atoms with E-state index in [9.17, 15) is 24.0 Å². The van der Waals surface area contributed by atoms with Crippen molar-refractivity contribution in [3.8, 4) is 0 Å². The Bertz CT molecular complexity index is 531. The van der Waals surface area contributed by atoms with E-state index in [1.807, 2.05) is 0 Å². The number of carbonyl (C=O) groups excluding carboxylic acids is 4. The lowest BCUT2D eigenvalue weighted by molar-refractivity contribution is -0.143. The lowest BCUT2D eigenvalue weighted by Crippen LogP contribution is -2.55. The summed E-state index contributed by atoms with van der Waals surface area (Å²) in [5.41, 5.74) is 9.98. The predicted octanol–water partition coefficient (Wildman–Crippen LogP) is -3.46. The number of rotatable bonds is 9. The standard InChI is InChI=1S/C13H21N5O6/c14-9(19)4-7(17-11(21)6-2-1-3-16-6)12(22)18-8(13(23)24)5-10(15)20/h6-8,16H,1-5H2,(H2,14,19)(H2,15,20)(H,17,21)(H,18,22)(H,23,24)/t6-,7-,8-/m0/s1. The highest BCUT2D eigenvalue weighted by Gasteiger charge is 2.31. The quantitative estimate of drug-likeness (QED) is 0.250. The van der Waals surface area contributed by atoms with Gasteiger partial charge in [0.15, 0.2) is 0 Å². The van der Waals surface area contributed by atoms with E-state index in [4.69, 9.17) is 16.6 Å². The van der Waals surface area contributed by atoms with E-state index in [1.54, 1.807) is 0 Å². The van der Waals surface area contributed by atoms with Gasteiger partial charge in [-0.1, -0.05) is 0 Å². The van der Waals surface area contributed by atoms with Gasteiger partial charge in [0.25, 0.3) is 0 Å². The number of aliphatic carboxylic acids is 1. The van der Waals surface area contributed by atoms with Crippen molar-refractivity contribution in [3.63, 3.8) is 0 Å². The molecule has 1 rings (SSSR count). The molecule has 134 valence electrons. The molecular weight excluding hydrogens is 322 g/mol. The predicted molar refractivity (Wildman–Crippen MR) is 80.1 cm³/mol. The van der Waals surface area contributed by atoms with Gasteiger partial charge in [-0.25, -0.2) is 4.79 Å². The Morgan fingerprint density at radius 2 is 1.62 bits per heavy atom. The first kappa shape index (κ1) is 19.4. The smallest absolute Gasteiger partial charge is 0.326 e. The number of carboxylic acid groups (broad SMARTS) is 1. The Morgan fingerprint density at radius 3 is 2.08 bits per heavy atom. The van der Waals surface area contributed by atoms with Crippen LogP contribution in [-0.2, 0) is 24.0 Å². The van der Waals surface area contributed by atoms with Gasteiger partial charge < -0.3 is 32.5 Å². The lowest BCUT2D eigenvalue weighted by atomic mass is 10.1. The van der Waals surface area contributed by atoms with E-state index in [-0.39, 0.29) is 0 Å². The molecule has 11 nitrogen and oxygen atoms in total. The zero-order chi connectivity index (χ0) is 18.3. The highest BCUT2D eigenvalue weighted by atomic mass is 16.4. The number of amides is 4. The number of carbonyl (C=O) groups is 5. The molecule has 0 aromatic rings. The minimum Gasteiger partial charge on any atom is -0.480 e. The molecule has 11 heteroatoms. The van der Waals surface area contributed by atoms with Crippen molar-refractivity contribution in [3.05, 3.63) is 0 Å². The maximum atomic E-state index is 12.2. The molecule has 0 unspecified atom stereocenters. The molecule has 1 aliphatic rings. The molecule has 0 aromatic heterocycles. The molecule has 1 aliphatic heterocycles. The summed E-state index contributed by atoms with van der Waals surface area (Å²) in [5.74, 6) is -4.67. The van der Waals surface area contributed by atoms with Gasteiger partial charge in [-0.15, -0.1) is 0 Å². The van der Waals surface area contributed by atoms with E-state index < -0.39 is 60.6 Å². The minimum atomic E-state index is -1.56. The average molecular weight is 343 g/mol. The Kier molecular flexibility index (Phi) is 7.11. The van der Waals surface area contributed by atoms with E-state index in [1.165, 1.54) is 0 Å². The van der Waals surface area contributed by atoms with Gasteiger partial charge in [-0.2, -0.15) is 0 Å². The second-order valence-corrected chi connectivity index (χ2v) is 5.45. The topological polar surface area (TPSA) is 194 Å². The summed E-state index contributed by atoms with van der Waals surface area (Å²) < 4.78 is 0. The van der Waals surface area contributed by atoms with Crippen molar-refractivity contribution < 1.29 is 29.1 Å². The van der Waals surface area contributed by atoms with Crippen LogP contribution in [0.5, 0.6) is 0 Å². The lowest BCUT2D eigenvalue weighted by Gasteiger charge is -2.21. The molecule has 0 aromatic carbocycles. The average Bonchev–Trinajstić information content (AvgIpc) is 2.98. The second-order valence-electron chi connectivity index (χ2n) is 5.45. The minimum absolute atomic E-state index is 0.490. The fourth-order valence-corrected chi connectivity index (χ4v) is 2.26. The summed E-state index contributed by atoms with van der Waals surface area (Å²) in [6, 6.07) is -3.40. The van der Waals surface area contributed by atoms with Crippen LogP contribution in [0.1, 0.15) is 25.7 Å². The normalized spacial score (nSPS) is 19.1. The monoisotopic (exact) mass is 343 g/mol. The first-order valence-electron chi connectivity index (χ1n) is 7.34. The SMILES string of the molecule is NC(=O)C[C@H](NC(=O)[C@H](CC(N)=O)NC(=O)[C@@H]1CCCN1)C(=O)O. The van der Waals surface area contributed by atoms with Gasteiger partial charge in [-0.3, -0.25) is 19.2 Å². The molecule has 24 heavy (non-hydrogen) atoms. The summed E-state index contributed by atoms with van der Waals surface area (Å²) in [4.78, 5) is 57.2. The van der Waals surface area contributed by atoms with Gasteiger partial charge in [0.2, 0.25) is 23.6 Å². The summed E-state index contributed by atoms with van der Waals surface area (Å²) in [7, 11) is 0. The van der Waals surface area contributed by atoms with Crippen molar-refractivity contribution in [2.75, 3.05) is 6.54 Å². The number of primary amides is 2. The van der Waals surface area contributed by atoms with Crippen molar-refractivity contribution in [2.45, 2.75) is 43.8 Å². The van der Waals surface area contributed by atoms with Crippen molar-refractivity contribution in [1.29, 1.82) is 0 Å². The van der Waals surface area contributed by atoms with E-state index in [0.717, 1.165) is 6.42 Å². The third kappa shape index (κ3) is 6.20. The van der Waals surface area contributed by atoms with Crippen LogP contribution in [0.15, 0.2) is 0 Å². The Hall–Kier alpha value is -2.69. The van der Waals surface area contributed by atoms with Crippen LogP contribution in [0.25, 0.3) is 0 Å². The van der Waals surface area contributed by atoms with Gasteiger partial charge in [0, 0.05) is 0 Å². The number of carboxylic acids is 1. The van der Waals surface area contributed by atoms with E-state index in [2.05, 4.69) is 16.0 Å². The number of hydrogen-bond acceptors (Lipinski definition) is 6. The zero-order valence-corrected chi connectivity index (χ0v) is 12.9. The molecule has 0 radical (unpaired) electrons. The van der Waals surface area contributed by atoms with Crippen LogP contribution in [0, 0.1) is 0 Å². The maximum absolute atomic E-state index is 12.2. The fraction of sp³-hybridized carbons (Fsp3) is 0.615. The molecule has 1 heterocycles. The third-order valence-corrected chi connectivity index (χ3v) is 3.43. The van der Waals surface area contributed by atoms with Crippen LogP contribution in [0.3, 0.4) is 0 Å². The van der Waals surface area contributed by atoms with Gasteiger partial charge in [-0.05, 0) is 19.4 Å². The third-order valence-electron chi connectivity index (χ3n) is 3.43. The van der Waals surface area contributed by atoms with Gasteiger partial charge in [0.1, 0.15) is 12.1 Å². The Morgan fingerprint density at radius 1 is 1.04 bits per heavy atom. The van der Waals surface area contributed by atoms with Crippen LogP contribution in [-0.4, -0.2) is 59.4 Å². The van der Waals surface area contributed by atoms with Crippen LogP contribution < -0.4 is 27.4 Å². The molecule has 0 bridgehead atoms. The van der Waals surface area contributed by atoms with Gasteiger partial charge in [0.05, 0.1) is 18.9 Å². The largest absolute Gasteiger partial charge is 0.480 e. The van der Waals surface area contributed by atoms with Crippen molar-refractivity contribution in [2.24, 2.45) is 11.5 Å². The number of nitrogens with one attached hydrogen (secondary N) is 3. The van der Waals surface area contributed by atoms with E-state index in [0.29, 0.717) is 13.0 Å². The molecule has 1 saturated heterocycles. The van der Waals surface area contributed by atoms with E-state index >= 15 is 0 Å². The Labute approximate surface area is 137 Å². The van der Waals surface area contributed by atoms with Gasteiger partial charge >= 0.3 is 5.97 Å². The van der Waals surface area contributed by atoms with Crippen LogP contribution >= 0.6 is 0 Å². The first-order valence-corrected chi connectivity index (χ1v) is 7.34. The summed E-state index contributed by atoms with van der Waals surface area (Å²) in [6.45, 7) is 0.657. The summed E-state index contributed by atoms with van der Waals surface area (Å²) >= 11 is 0. The molecule has 8 N–H and O–H groups in total. The molecule has 0 spiro atoms. The second kappa shape index (κ2) is 8.82. The first-order chi connectivity index (χ1) is 11.2. The highest BCUT2D eigenvalue weighted by Crippen LogP contribution is 2.06. The Balaban J connectivity index is 2.75. The van der Waals surface area contributed by atoms with Crippen LogP contribution in [0.4, 0.5) is 0 Å². The fourth-order valence-electron chi connectivity index (χ4n) is 2.26. The number of hydrogen-bond donors (Lipinski definition) is 6. The van der Waals surface area contributed by atoms with Crippen LogP contribution in [0.2, 0.25) is 0 Å². The van der Waals surface area contributed by atoms with Crippen molar-refractivity contribution in [1.82, 2.24) is 16.0 Å². The summed E-state index contributed by atoms with van der Waals surface area (Å²) in [5, 5.41) is 16.3. The molecule has 0 aliphatic carbocycles. The van der Waals surface area contributed by atoms with Crippen molar-refractivity contribution >= 4 is 29.6 Å². The zero-order valence-electron chi connectivity index (χ0n) is 12.9. The number of nitrogens with two attached hydrogens (primary N) is 2.